The van der Waals surface area contributed by atoms with Gasteiger partial charge in [-0.15, -0.1) is 0 Å². The van der Waals surface area contributed by atoms with Crippen molar-refractivity contribution in [2.24, 2.45) is 21.1 Å². The fourth-order valence-electron chi connectivity index (χ4n) is 10.6. The number of nitrogens with one attached hydrogen (secondary N) is 3. The summed E-state index contributed by atoms with van der Waals surface area (Å²) in [5.41, 5.74) is 21.4. The Morgan fingerprint density at radius 3 is 1.23 bits per heavy atom. The molecular formula is C61H75B2Br3N14O6. The second kappa shape index (κ2) is 24.2. The van der Waals surface area contributed by atoms with Crippen molar-refractivity contribution in [1.82, 2.24) is 69.6 Å². The van der Waals surface area contributed by atoms with Crippen molar-refractivity contribution >= 4 is 106 Å². The average molecular weight is 1360 g/mol. The average Bonchev–Trinajstić information content (AvgIpc) is 2.30. The number of imidazole rings is 3. The van der Waals surface area contributed by atoms with E-state index in [-0.39, 0.29) is 36.6 Å². The van der Waals surface area contributed by atoms with E-state index in [0.29, 0.717) is 0 Å². The van der Waals surface area contributed by atoms with E-state index in [1.165, 1.54) is 11.3 Å². The summed E-state index contributed by atoms with van der Waals surface area (Å²) in [5.74, 6) is 1.56. The molecule has 8 aromatic heterocycles. The van der Waals surface area contributed by atoms with E-state index in [1.807, 2.05) is 130 Å². The summed E-state index contributed by atoms with van der Waals surface area (Å²) in [6.45, 7) is 36.3. The molecule has 0 atom stereocenters. The van der Waals surface area contributed by atoms with Crippen molar-refractivity contribution in [1.29, 1.82) is 0 Å². The lowest BCUT2D eigenvalue weighted by Gasteiger charge is -2.32. The minimum absolute atomic E-state index is 0.299. The molecule has 2 fully saturated rings. The van der Waals surface area contributed by atoms with Crippen molar-refractivity contribution in [2.75, 3.05) is 0 Å². The third-order valence-corrected chi connectivity index (χ3v) is 18.6. The molecule has 86 heavy (non-hydrogen) atoms. The zero-order chi connectivity index (χ0) is 62.9. The van der Waals surface area contributed by atoms with Gasteiger partial charge in [0.25, 0.3) is 0 Å². The Kier molecular flexibility index (Phi) is 18.0. The Bertz CT molecular complexity index is 4220. The zero-order valence-corrected chi connectivity index (χ0v) is 57.6. The zero-order valence-electron chi connectivity index (χ0n) is 52.9. The molecule has 2 saturated heterocycles. The first kappa shape index (κ1) is 64.0. The quantitative estimate of drug-likeness (QED) is 0.136. The number of fused-ring (bicyclic) bond motifs is 3. The van der Waals surface area contributed by atoms with Crippen molar-refractivity contribution in [2.45, 2.75) is 147 Å². The number of benzene rings is 3. The van der Waals surface area contributed by atoms with Crippen LogP contribution in [0.5, 0.6) is 0 Å². The van der Waals surface area contributed by atoms with Crippen LogP contribution < -0.4 is 10.9 Å². The first-order valence-corrected chi connectivity index (χ1v) is 30.6. The van der Waals surface area contributed by atoms with E-state index in [4.69, 9.17) is 27.7 Å². The van der Waals surface area contributed by atoms with E-state index in [9.17, 15) is 0 Å². The van der Waals surface area contributed by atoms with E-state index in [1.54, 1.807) is 19.0 Å². The maximum absolute atomic E-state index is 6.05. The smallest absolute Gasteiger partial charge is 0.399 e. The van der Waals surface area contributed by atoms with Crippen LogP contribution in [0.2, 0.25) is 0 Å². The number of aryl methyl sites for hydroxylation is 10. The lowest BCUT2D eigenvalue weighted by molar-refractivity contribution is 0.00578. The molecule has 0 unspecified atom stereocenters. The van der Waals surface area contributed by atoms with Crippen LogP contribution in [0, 0.1) is 69.2 Å². The third-order valence-electron chi connectivity index (χ3n) is 17.0. The molecule has 452 valence electrons. The second-order valence-electron chi connectivity index (χ2n) is 23.9. The molecule has 3 aromatic carbocycles. The number of nitrogens with zero attached hydrogens (tertiary/aromatic N) is 11. The maximum atomic E-state index is 6.05. The molecule has 0 aliphatic carbocycles. The predicted octanol–water partition coefficient (Wildman–Crippen LogP) is 13.2. The highest BCUT2D eigenvalue weighted by Gasteiger charge is 2.54. The van der Waals surface area contributed by atoms with Crippen LogP contribution in [0.15, 0.2) is 77.8 Å². The van der Waals surface area contributed by atoms with Crippen LogP contribution in [-0.2, 0) is 39.8 Å². The van der Waals surface area contributed by atoms with Gasteiger partial charge in [-0.05, 0) is 204 Å². The van der Waals surface area contributed by atoms with E-state index >= 15 is 0 Å². The molecule has 10 heterocycles. The first-order valence-electron chi connectivity index (χ1n) is 28.2. The summed E-state index contributed by atoms with van der Waals surface area (Å²) < 4.78 is 43.2. The lowest BCUT2D eigenvalue weighted by Crippen LogP contribution is -2.41. The molecule has 11 aromatic rings. The van der Waals surface area contributed by atoms with Crippen LogP contribution in [0.1, 0.15) is 112 Å². The van der Waals surface area contributed by atoms with Crippen molar-refractivity contribution in [3.63, 3.8) is 0 Å². The monoisotopic (exact) mass is 1360 g/mol. The summed E-state index contributed by atoms with van der Waals surface area (Å²) in [7, 11) is 5.19. The fraction of sp³-hybridized carbons (Fsp3) is 0.410. The van der Waals surface area contributed by atoms with E-state index in [2.05, 4.69) is 169 Å². The number of aromatic nitrogens is 14. The van der Waals surface area contributed by atoms with Crippen molar-refractivity contribution in [3.8, 4) is 33.4 Å². The molecule has 13 rings (SSSR count). The Hall–Kier alpha value is -6.47. The topological polar surface area (TPSA) is 228 Å². The van der Waals surface area contributed by atoms with Gasteiger partial charge in [0.2, 0.25) is 0 Å². The minimum Gasteiger partial charge on any atom is -0.399 e. The van der Waals surface area contributed by atoms with Gasteiger partial charge in [-0.1, -0.05) is 26.2 Å². The summed E-state index contributed by atoms with van der Waals surface area (Å²) in [6, 6.07) is 12.5. The molecule has 0 amide bonds. The van der Waals surface area contributed by atoms with Gasteiger partial charge in [0, 0.05) is 84.8 Å². The normalized spacial score (nSPS) is 15.6. The van der Waals surface area contributed by atoms with Crippen molar-refractivity contribution < 1.29 is 27.7 Å². The highest BCUT2D eigenvalue weighted by molar-refractivity contribution is 9.11. The Morgan fingerprint density at radius 2 is 0.814 bits per heavy atom. The van der Waals surface area contributed by atoms with Gasteiger partial charge in [-0.3, -0.25) is 14.0 Å². The number of halogens is 3. The number of H-pyrrole nitrogens is 3. The molecular weight excluding hydrogens is 1290 g/mol. The van der Waals surface area contributed by atoms with Crippen LogP contribution >= 0.6 is 47.8 Å². The Balaban J connectivity index is 0.000000131. The maximum Gasteiger partial charge on any atom is 0.500 e. The van der Waals surface area contributed by atoms with Crippen LogP contribution in [0.3, 0.4) is 0 Å². The summed E-state index contributed by atoms with van der Waals surface area (Å²) in [6.07, 6.45) is 5.11. The van der Waals surface area contributed by atoms with Crippen molar-refractivity contribution in [3.05, 3.63) is 126 Å². The number of hydrogen-bond acceptors (Lipinski definition) is 14. The summed E-state index contributed by atoms with van der Waals surface area (Å²) in [5, 5.41) is 21.4. The van der Waals surface area contributed by atoms with Crippen LogP contribution in [0.4, 0.5) is 0 Å². The third kappa shape index (κ3) is 12.4. The molecule has 0 bridgehead atoms. The van der Waals surface area contributed by atoms with E-state index in [0.717, 1.165) is 137 Å². The fourth-order valence-corrected chi connectivity index (χ4v) is 12.5. The van der Waals surface area contributed by atoms with Gasteiger partial charge >= 0.3 is 14.2 Å². The molecule has 0 saturated carbocycles. The van der Waals surface area contributed by atoms with Gasteiger partial charge in [0.15, 0.2) is 0 Å². The number of rotatable bonds is 5. The number of aromatic amines is 3. The van der Waals surface area contributed by atoms with Crippen LogP contribution in [0.25, 0.3) is 66.5 Å². The van der Waals surface area contributed by atoms with Gasteiger partial charge in [0.1, 0.15) is 22.6 Å². The summed E-state index contributed by atoms with van der Waals surface area (Å²) in [4.78, 5) is 22.3. The van der Waals surface area contributed by atoms with Gasteiger partial charge < -0.3 is 42.6 Å². The minimum atomic E-state index is -0.378. The van der Waals surface area contributed by atoms with Crippen LogP contribution in [-0.4, -0.2) is 106 Å². The molecule has 3 N–H and O–H groups in total. The standard InChI is InChI=1S/C18H19N5O.C13H13BrN4.C12H21BN2O2.C11H18BNO3.C7H4Br2N2/c1-9-16(11(3)23(5)21-9)13-6-14(17-10(2)22-24-12(17)4)18-15(7-13)19-8-20-18;1-7-12(8(2)18(3)17-7)9-4-10(14)13-11(5-9)15-6-16-13;1-8-10(9(2)15(7)14-8)13-16-11(3,4)12(5,6)17-13;1-7-9(8(2)14-13-7)12-15-10(3,4)11(5,6)16-12;8-4-1-5(9)7-6(2-4)10-3-11-7/h6-8H,1-5H3,(H,19,20);4-6H,1-3H3,(H,15,16);1-7H3;1-6H3;1-3H,(H,10,11). The molecule has 0 spiro atoms. The predicted molar refractivity (Wildman–Crippen MR) is 350 cm³/mol. The molecule has 2 aliphatic heterocycles. The largest absolute Gasteiger partial charge is 0.500 e. The van der Waals surface area contributed by atoms with Gasteiger partial charge in [-0.25, -0.2) is 15.0 Å². The second-order valence-corrected chi connectivity index (χ2v) is 26.6. The number of hydrogen-bond donors (Lipinski definition) is 3. The Labute approximate surface area is 527 Å². The Morgan fingerprint density at radius 1 is 0.419 bits per heavy atom. The van der Waals surface area contributed by atoms with Gasteiger partial charge in [-0.2, -0.15) is 15.3 Å². The lowest BCUT2D eigenvalue weighted by atomic mass is 9.77. The molecule has 25 heteroatoms. The van der Waals surface area contributed by atoms with Gasteiger partial charge in [0.05, 0.1) is 91.9 Å². The molecule has 20 nitrogen and oxygen atoms in total. The molecule has 2 aliphatic rings. The first-order chi connectivity index (χ1) is 40.2. The summed E-state index contributed by atoms with van der Waals surface area (Å²) >= 11 is 10.4. The highest BCUT2D eigenvalue weighted by atomic mass is 79.9. The van der Waals surface area contributed by atoms with E-state index < -0.39 is 0 Å². The molecule has 0 radical (unpaired) electrons. The highest BCUT2D eigenvalue weighted by Crippen LogP contribution is 2.40. The SMILES string of the molecule is Brc1cc(Br)c2nc[nH]c2c1.Cc1nn(C)c(C)c1-c1cc(Br)c2nc[nH]c2c1.Cc1nn(C)c(C)c1B1OC(C)(C)C(C)(C)O1.Cc1noc(C)c1-c1cc(-c2c(C)nn(C)c2C)cc2[nH]cnc12.Cc1noc(C)c1B1OC(C)(C)C(C)(C)O1.